The van der Waals surface area contributed by atoms with Gasteiger partial charge in [-0.25, -0.2) is 13.1 Å². The first-order valence-electron chi connectivity index (χ1n) is 10.5. The molecule has 2 aliphatic carbocycles. The molecule has 3 rings (SSSR count). The molecule has 0 heterocycles. The van der Waals surface area contributed by atoms with E-state index in [9.17, 15) is 26.4 Å². The normalized spacial score (nSPS) is 25.3. The highest BCUT2D eigenvalue weighted by Gasteiger charge is 2.45. The molecule has 5 nitrogen and oxygen atoms in total. The summed E-state index contributed by atoms with van der Waals surface area (Å²) in [5.41, 5.74) is -0.683. The Morgan fingerprint density at radius 3 is 2.66 bits per heavy atom. The van der Waals surface area contributed by atoms with Gasteiger partial charge < -0.3 is 5.11 Å². The predicted molar refractivity (Wildman–Crippen MR) is 116 cm³/mol. The summed E-state index contributed by atoms with van der Waals surface area (Å²) in [7, 11) is -3.85. The molecule has 0 radical (unpaired) electrons. The van der Waals surface area contributed by atoms with Crippen molar-refractivity contribution in [3.05, 3.63) is 65.1 Å². The van der Waals surface area contributed by atoms with Crippen LogP contribution in [-0.2, 0) is 21.0 Å². The summed E-state index contributed by atoms with van der Waals surface area (Å²) in [5.74, 6) is -0.396. The summed E-state index contributed by atoms with van der Waals surface area (Å²) in [6.07, 6.45) is 7.55. The molecule has 0 aliphatic heterocycles. The van der Waals surface area contributed by atoms with Crippen molar-refractivity contribution in [3.63, 3.8) is 0 Å². The van der Waals surface area contributed by atoms with Gasteiger partial charge in [0.15, 0.2) is 0 Å². The van der Waals surface area contributed by atoms with Gasteiger partial charge >= 0.3 is 12.1 Å². The van der Waals surface area contributed by atoms with Crippen LogP contribution >= 0.6 is 0 Å². The number of carboxylic acids is 1. The second-order valence-electron chi connectivity index (χ2n) is 8.22. The average molecular weight is 470 g/mol. The lowest BCUT2D eigenvalue weighted by Gasteiger charge is -2.27. The van der Waals surface area contributed by atoms with Gasteiger partial charge in [0.25, 0.3) is 0 Å². The molecule has 32 heavy (non-hydrogen) atoms. The van der Waals surface area contributed by atoms with Crippen LogP contribution in [0, 0.1) is 17.8 Å². The van der Waals surface area contributed by atoms with Gasteiger partial charge in [-0.15, -0.1) is 0 Å². The number of unbranched alkanes of at least 4 members (excludes halogenated alkanes) is 1. The molecular weight excluding hydrogens is 443 g/mol. The molecule has 1 saturated carbocycles. The Morgan fingerprint density at radius 2 is 1.94 bits per heavy atom. The van der Waals surface area contributed by atoms with Crippen LogP contribution < -0.4 is 4.72 Å². The molecule has 2 bridgehead atoms. The van der Waals surface area contributed by atoms with E-state index in [1.54, 1.807) is 0 Å². The smallest absolute Gasteiger partial charge is 0.416 e. The lowest BCUT2D eigenvalue weighted by molar-refractivity contribution is -0.138. The summed E-state index contributed by atoms with van der Waals surface area (Å²) in [5, 5.41) is 9.58. The standard InChI is InChI=1S/C23H26F3NO4S/c24-23(25,26)19-7-5-6-16(14-19)12-13-32(30,31)27-22-18-11-10-17(15-18)20(22)8-3-1-2-4-9-21(28)29/h1,3,5-7,10-14,17-18,20,22,27H,2,4,8-9,15H2,(H,28,29). The van der Waals surface area contributed by atoms with E-state index in [1.165, 1.54) is 12.1 Å². The Hall–Kier alpha value is -2.39. The fourth-order valence-corrected chi connectivity index (χ4v) is 5.52. The molecule has 2 aliphatic rings. The zero-order valence-corrected chi connectivity index (χ0v) is 18.1. The van der Waals surface area contributed by atoms with E-state index in [-0.39, 0.29) is 35.8 Å². The van der Waals surface area contributed by atoms with Gasteiger partial charge in [0.1, 0.15) is 0 Å². The van der Waals surface area contributed by atoms with E-state index in [0.29, 0.717) is 19.3 Å². The van der Waals surface area contributed by atoms with Crippen molar-refractivity contribution >= 4 is 22.1 Å². The molecule has 174 valence electrons. The fourth-order valence-electron chi connectivity index (χ4n) is 4.38. The Bertz CT molecular complexity index is 1010. The molecule has 9 heteroatoms. The number of fused-ring (bicyclic) bond motifs is 2. The summed E-state index contributed by atoms with van der Waals surface area (Å²) in [6.45, 7) is 0. The van der Waals surface area contributed by atoms with Crippen molar-refractivity contribution in [2.24, 2.45) is 17.8 Å². The minimum absolute atomic E-state index is 0.0810. The van der Waals surface area contributed by atoms with E-state index in [1.807, 2.05) is 18.2 Å². The van der Waals surface area contributed by atoms with Gasteiger partial charge in [0.2, 0.25) is 10.0 Å². The predicted octanol–water partition coefficient (Wildman–Crippen LogP) is 4.99. The third-order valence-corrected chi connectivity index (χ3v) is 7.01. The molecule has 0 amide bonds. The minimum atomic E-state index is -4.50. The van der Waals surface area contributed by atoms with Crippen LogP contribution in [0.3, 0.4) is 0 Å². The molecule has 1 aromatic rings. The van der Waals surface area contributed by atoms with Gasteiger partial charge in [-0.1, -0.05) is 36.4 Å². The van der Waals surface area contributed by atoms with Crippen LogP contribution in [0.1, 0.15) is 43.2 Å². The van der Waals surface area contributed by atoms with E-state index < -0.39 is 27.7 Å². The maximum atomic E-state index is 12.9. The topological polar surface area (TPSA) is 83.5 Å². The van der Waals surface area contributed by atoms with E-state index in [2.05, 4.69) is 10.8 Å². The first kappa shape index (κ1) is 24.3. The summed E-state index contributed by atoms with van der Waals surface area (Å²) in [4.78, 5) is 10.6. The third kappa shape index (κ3) is 6.56. The monoisotopic (exact) mass is 469 g/mol. The van der Waals surface area contributed by atoms with Crippen LogP contribution in [0.25, 0.3) is 6.08 Å². The van der Waals surface area contributed by atoms with Crippen LogP contribution in [0.4, 0.5) is 13.2 Å². The molecule has 0 saturated heterocycles. The van der Waals surface area contributed by atoms with Crippen molar-refractivity contribution in [2.45, 2.75) is 44.3 Å². The number of hydrogen-bond acceptors (Lipinski definition) is 3. The Kier molecular flexibility index (Phi) is 7.61. The molecule has 4 unspecified atom stereocenters. The van der Waals surface area contributed by atoms with E-state index in [4.69, 9.17) is 5.11 Å². The summed E-state index contributed by atoms with van der Waals surface area (Å²) < 4.78 is 66.5. The highest BCUT2D eigenvalue weighted by Crippen LogP contribution is 2.45. The number of alkyl halides is 3. The van der Waals surface area contributed by atoms with Crippen molar-refractivity contribution < 1.29 is 31.5 Å². The van der Waals surface area contributed by atoms with Crippen molar-refractivity contribution in [3.8, 4) is 0 Å². The zero-order chi connectivity index (χ0) is 23.4. The average Bonchev–Trinajstić information content (AvgIpc) is 3.31. The number of rotatable bonds is 10. The Morgan fingerprint density at radius 1 is 1.19 bits per heavy atom. The van der Waals surface area contributed by atoms with Crippen LogP contribution in [0.15, 0.2) is 54.0 Å². The molecule has 0 spiro atoms. The highest BCUT2D eigenvalue weighted by molar-refractivity contribution is 7.92. The number of nitrogens with one attached hydrogen (secondary N) is 1. The molecule has 0 aromatic heterocycles. The number of aliphatic carboxylic acids is 1. The second-order valence-corrected chi connectivity index (χ2v) is 9.82. The van der Waals surface area contributed by atoms with Gasteiger partial charge in [0.05, 0.1) is 5.56 Å². The molecule has 2 N–H and O–H groups in total. The maximum absolute atomic E-state index is 12.9. The second kappa shape index (κ2) is 10.0. The van der Waals surface area contributed by atoms with E-state index in [0.717, 1.165) is 30.0 Å². The number of carbonyl (C=O) groups is 1. The van der Waals surface area contributed by atoms with Gasteiger partial charge in [-0.05, 0) is 67.2 Å². The first-order chi connectivity index (χ1) is 15.0. The SMILES string of the molecule is O=C(O)CCCC=CCC1C2C=CC(C2)C1NS(=O)(=O)C=Cc1cccc(C(F)(F)F)c1. The Labute approximate surface area is 185 Å². The number of halogens is 3. The van der Waals surface area contributed by atoms with Crippen LogP contribution in [-0.4, -0.2) is 25.5 Å². The van der Waals surface area contributed by atoms with Gasteiger partial charge in [-0.2, -0.15) is 13.2 Å². The number of sulfonamides is 1. The van der Waals surface area contributed by atoms with Crippen LogP contribution in [0.5, 0.6) is 0 Å². The Balaban J connectivity index is 1.62. The lowest BCUT2D eigenvalue weighted by atomic mass is 9.86. The van der Waals surface area contributed by atoms with Crippen molar-refractivity contribution in [1.82, 2.24) is 4.72 Å². The number of hydrogen-bond donors (Lipinski definition) is 2. The first-order valence-corrected chi connectivity index (χ1v) is 12.0. The minimum Gasteiger partial charge on any atom is -0.481 e. The van der Waals surface area contributed by atoms with Gasteiger partial charge in [0, 0.05) is 17.9 Å². The number of allylic oxidation sites excluding steroid dienone is 3. The molecule has 4 atom stereocenters. The molecule has 1 aromatic carbocycles. The maximum Gasteiger partial charge on any atom is 0.416 e. The zero-order valence-electron chi connectivity index (χ0n) is 17.3. The van der Waals surface area contributed by atoms with Crippen molar-refractivity contribution in [1.29, 1.82) is 0 Å². The van der Waals surface area contributed by atoms with Crippen molar-refractivity contribution in [2.75, 3.05) is 0 Å². The van der Waals surface area contributed by atoms with Gasteiger partial charge in [-0.3, -0.25) is 4.79 Å². The lowest BCUT2D eigenvalue weighted by Crippen LogP contribution is -2.41. The summed E-state index contributed by atoms with van der Waals surface area (Å²) in [6, 6.07) is 4.21. The highest BCUT2D eigenvalue weighted by atomic mass is 32.2. The molecule has 1 fully saturated rings. The largest absolute Gasteiger partial charge is 0.481 e. The molecular formula is C23H26F3NO4S. The number of benzene rings is 1. The quantitative estimate of drug-likeness (QED) is 0.374. The van der Waals surface area contributed by atoms with E-state index >= 15 is 0 Å². The third-order valence-electron chi connectivity index (χ3n) is 5.91. The number of carboxylic acid groups (broad SMARTS) is 1. The van der Waals surface area contributed by atoms with Crippen LogP contribution in [0.2, 0.25) is 0 Å². The fraction of sp³-hybridized carbons (Fsp3) is 0.435. The summed E-state index contributed by atoms with van der Waals surface area (Å²) >= 11 is 0.